The topological polar surface area (TPSA) is 75.3 Å². The van der Waals surface area contributed by atoms with Crippen molar-refractivity contribution in [2.75, 3.05) is 0 Å². The summed E-state index contributed by atoms with van der Waals surface area (Å²) in [4.78, 5) is 12.1. The number of nitrogens with one attached hydrogen (secondary N) is 1. The van der Waals surface area contributed by atoms with E-state index in [-0.39, 0.29) is 11.6 Å². The van der Waals surface area contributed by atoms with E-state index in [2.05, 4.69) is 5.32 Å². The number of hydrogen-bond donors (Lipinski definition) is 3. The fourth-order valence-corrected chi connectivity index (χ4v) is 3.55. The zero-order valence-corrected chi connectivity index (χ0v) is 15.6. The molecule has 0 aromatic heterocycles. The monoisotopic (exact) mass is 426 g/mol. The first kappa shape index (κ1) is 23.5. The number of carbonyl (C=O) groups is 1. The molecule has 1 saturated carbocycles. The second-order valence-corrected chi connectivity index (χ2v) is 7.48. The lowest BCUT2D eigenvalue weighted by molar-refractivity contribution is -0.143. The molecule has 0 bridgehead atoms. The molecule has 4 nitrogen and oxygen atoms in total. The summed E-state index contributed by atoms with van der Waals surface area (Å²) >= 11 is 0. The molecular formula is C19H24F6N2O2. The van der Waals surface area contributed by atoms with Gasteiger partial charge in [-0.3, -0.25) is 4.79 Å². The Balaban J connectivity index is 2.02. The molecule has 0 spiro atoms. The summed E-state index contributed by atoms with van der Waals surface area (Å²) in [6.07, 6.45) is -5.97. The van der Waals surface area contributed by atoms with E-state index in [0.29, 0.717) is 24.5 Å². The van der Waals surface area contributed by atoms with Crippen LogP contribution in [0.2, 0.25) is 0 Å². The van der Waals surface area contributed by atoms with Gasteiger partial charge in [-0.05, 0) is 36.1 Å². The van der Waals surface area contributed by atoms with Gasteiger partial charge in [-0.1, -0.05) is 32.1 Å². The molecule has 1 fully saturated rings. The number of alkyl halides is 6. The van der Waals surface area contributed by atoms with Crippen LogP contribution in [0.15, 0.2) is 18.2 Å². The van der Waals surface area contributed by atoms with Gasteiger partial charge in [0.25, 0.3) is 5.91 Å². The van der Waals surface area contributed by atoms with Crippen LogP contribution in [0.1, 0.15) is 55.2 Å². The first-order chi connectivity index (χ1) is 13.4. The first-order valence-electron chi connectivity index (χ1n) is 9.37. The van der Waals surface area contributed by atoms with Gasteiger partial charge >= 0.3 is 12.4 Å². The van der Waals surface area contributed by atoms with Gasteiger partial charge in [0.1, 0.15) is 6.10 Å². The number of amides is 1. The number of aliphatic hydroxyl groups is 1. The van der Waals surface area contributed by atoms with Gasteiger partial charge in [0.15, 0.2) is 0 Å². The van der Waals surface area contributed by atoms with Crippen LogP contribution in [0.4, 0.5) is 26.3 Å². The van der Waals surface area contributed by atoms with Crippen molar-refractivity contribution in [1.82, 2.24) is 5.32 Å². The van der Waals surface area contributed by atoms with Crippen LogP contribution in [-0.4, -0.2) is 23.2 Å². The summed E-state index contributed by atoms with van der Waals surface area (Å²) < 4.78 is 77.3. The molecule has 2 atom stereocenters. The van der Waals surface area contributed by atoms with E-state index in [4.69, 9.17) is 5.73 Å². The highest BCUT2D eigenvalue weighted by Crippen LogP contribution is 2.36. The van der Waals surface area contributed by atoms with E-state index in [1.54, 1.807) is 0 Å². The van der Waals surface area contributed by atoms with Crippen molar-refractivity contribution < 1.29 is 36.2 Å². The highest BCUT2D eigenvalue weighted by Gasteiger charge is 2.37. The number of hydrogen-bond acceptors (Lipinski definition) is 3. The fourth-order valence-electron chi connectivity index (χ4n) is 3.55. The smallest absolute Gasteiger partial charge is 0.382 e. The number of carbonyl (C=O) groups excluding carboxylic acids is 1. The SMILES string of the molecule is N[C@H](CC1CCCCC1)C(O)C(=O)NCc1cc(C(F)(F)F)cc(C(F)(F)F)c1. The molecule has 1 aliphatic carbocycles. The standard InChI is InChI=1S/C19H24F6N2O2/c20-18(21,22)13-6-12(7-14(9-13)19(23,24)25)10-27-17(29)16(28)15(26)8-11-4-2-1-3-5-11/h6-7,9,11,15-16,28H,1-5,8,10,26H2,(H,27,29)/t15-,16?/m1/s1. The Morgan fingerprint density at radius 1 is 1.03 bits per heavy atom. The van der Waals surface area contributed by atoms with E-state index in [0.717, 1.165) is 32.1 Å². The average Bonchev–Trinajstić information content (AvgIpc) is 2.64. The van der Waals surface area contributed by atoms with Gasteiger partial charge in [0.2, 0.25) is 0 Å². The van der Waals surface area contributed by atoms with Crippen LogP contribution < -0.4 is 11.1 Å². The molecule has 1 unspecified atom stereocenters. The Bertz CT molecular complexity index is 667. The lowest BCUT2D eigenvalue weighted by Gasteiger charge is -2.26. The fraction of sp³-hybridized carbons (Fsp3) is 0.632. The lowest BCUT2D eigenvalue weighted by Crippen LogP contribution is -2.47. The average molecular weight is 426 g/mol. The molecule has 1 aromatic carbocycles. The molecule has 0 saturated heterocycles. The third-order valence-electron chi connectivity index (χ3n) is 5.12. The number of nitrogens with two attached hydrogens (primary N) is 1. The van der Waals surface area contributed by atoms with Gasteiger partial charge < -0.3 is 16.2 Å². The molecule has 0 aliphatic heterocycles. The summed E-state index contributed by atoms with van der Waals surface area (Å²) in [6, 6.07) is 0.221. The number of rotatable bonds is 6. The predicted octanol–water partition coefficient (Wildman–Crippen LogP) is 4.00. The maximum absolute atomic E-state index is 12.9. The maximum atomic E-state index is 12.9. The van der Waals surface area contributed by atoms with Crippen molar-refractivity contribution in [3.05, 3.63) is 34.9 Å². The minimum absolute atomic E-state index is 0.0141. The van der Waals surface area contributed by atoms with Crippen molar-refractivity contribution in [3.8, 4) is 0 Å². The van der Waals surface area contributed by atoms with Gasteiger partial charge in [-0.2, -0.15) is 26.3 Å². The zero-order valence-electron chi connectivity index (χ0n) is 15.6. The molecule has 4 N–H and O–H groups in total. The van der Waals surface area contributed by atoms with Gasteiger partial charge in [-0.25, -0.2) is 0 Å². The van der Waals surface area contributed by atoms with Gasteiger partial charge in [-0.15, -0.1) is 0 Å². The second-order valence-electron chi connectivity index (χ2n) is 7.48. The summed E-state index contributed by atoms with van der Waals surface area (Å²) in [5.74, 6) is -0.640. The van der Waals surface area contributed by atoms with Crippen LogP contribution in [0.5, 0.6) is 0 Å². The summed E-state index contributed by atoms with van der Waals surface area (Å²) in [5.41, 5.74) is 2.56. The third-order valence-corrected chi connectivity index (χ3v) is 5.12. The van der Waals surface area contributed by atoms with E-state index < -0.39 is 48.1 Å². The van der Waals surface area contributed by atoms with Crippen molar-refractivity contribution >= 4 is 5.91 Å². The highest BCUT2D eigenvalue weighted by molar-refractivity contribution is 5.81. The number of halogens is 6. The molecule has 10 heteroatoms. The molecule has 164 valence electrons. The van der Waals surface area contributed by atoms with Gasteiger partial charge in [0, 0.05) is 12.6 Å². The van der Waals surface area contributed by atoms with Crippen molar-refractivity contribution in [2.45, 2.75) is 69.6 Å². The molecule has 0 heterocycles. The van der Waals surface area contributed by atoms with Gasteiger partial charge in [0.05, 0.1) is 11.1 Å². The first-order valence-corrected chi connectivity index (χ1v) is 9.37. The van der Waals surface area contributed by atoms with Crippen LogP contribution in [0, 0.1) is 5.92 Å². The number of aliphatic hydroxyl groups excluding tert-OH is 1. The van der Waals surface area contributed by atoms with E-state index in [1.165, 1.54) is 0 Å². The van der Waals surface area contributed by atoms with E-state index in [9.17, 15) is 36.2 Å². The van der Waals surface area contributed by atoms with Crippen LogP contribution in [0.3, 0.4) is 0 Å². The highest BCUT2D eigenvalue weighted by atomic mass is 19.4. The molecule has 0 radical (unpaired) electrons. The predicted molar refractivity (Wildman–Crippen MR) is 93.5 cm³/mol. The quantitative estimate of drug-likeness (QED) is 0.602. The largest absolute Gasteiger partial charge is 0.416 e. The van der Waals surface area contributed by atoms with E-state index in [1.807, 2.05) is 0 Å². The molecule has 1 aromatic rings. The Morgan fingerprint density at radius 3 is 2.03 bits per heavy atom. The summed E-state index contributed by atoms with van der Waals surface area (Å²) in [7, 11) is 0. The minimum atomic E-state index is -4.97. The Labute approximate surface area is 164 Å². The normalized spacial score (nSPS) is 18.3. The molecule has 1 aliphatic rings. The zero-order chi connectivity index (χ0) is 21.8. The minimum Gasteiger partial charge on any atom is -0.382 e. The third kappa shape index (κ3) is 6.88. The van der Waals surface area contributed by atoms with Crippen LogP contribution in [0.25, 0.3) is 0 Å². The Morgan fingerprint density at radius 2 is 1.55 bits per heavy atom. The summed E-state index contributed by atoms with van der Waals surface area (Å²) in [5, 5.41) is 12.2. The lowest BCUT2D eigenvalue weighted by atomic mass is 9.84. The van der Waals surface area contributed by atoms with Crippen molar-refractivity contribution in [2.24, 2.45) is 11.7 Å². The van der Waals surface area contributed by atoms with Crippen molar-refractivity contribution in [3.63, 3.8) is 0 Å². The molecule has 1 amide bonds. The van der Waals surface area contributed by atoms with Crippen LogP contribution in [-0.2, 0) is 23.7 Å². The Hall–Kier alpha value is -1.81. The molecular weight excluding hydrogens is 402 g/mol. The molecule has 2 rings (SSSR count). The Kier molecular flexibility index (Phi) is 7.56. The molecule has 29 heavy (non-hydrogen) atoms. The maximum Gasteiger partial charge on any atom is 0.416 e. The van der Waals surface area contributed by atoms with Crippen LogP contribution >= 0.6 is 0 Å². The summed E-state index contributed by atoms with van der Waals surface area (Å²) in [6.45, 7) is -0.598. The van der Waals surface area contributed by atoms with Crippen molar-refractivity contribution in [1.29, 1.82) is 0 Å². The second kappa shape index (κ2) is 9.34. The number of benzene rings is 1. The van der Waals surface area contributed by atoms with E-state index >= 15 is 0 Å².